The van der Waals surface area contributed by atoms with Gasteiger partial charge in [-0.1, -0.05) is 35.3 Å². The van der Waals surface area contributed by atoms with Crippen LogP contribution >= 0.6 is 23.2 Å². The molecule has 0 radical (unpaired) electrons. The van der Waals surface area contributed by atoms with Gasteiger partial charge < -0.3 is 14.2 Å². The minimum absolute atomic E-state index is 0.144. The van der Waals surface area contributed by atoms with Crippen molar-refractivity contribution < 1.29 is 13.5 Å². The average Bonchev–Trinajstić information content (AvgIpc) is 2.52. The number of hydrogen-bond acceptors (Lipinski definition) is 4. The first-order valence-corrected chi connectivity index (χ1v) is 9.03. The number of rotatable bonds is 6. The maximum absolute atomic E-state index is 11.3. The molecule has 4 nitrogen and oxygen atoms in total. The van der Waals surface area contributed by atoms with Gasteiger partial charge in [0.1, 0.15) is 5.75 Å². The van der Waals surface area contributed by atoms with E-state index in [0.717, 1.165) is 11.1 Å². The topological polar surface area (TPSA) is 52.6 Å². The molecule has 0 saturated heterocycles. The molecule has 2 rings (SSSR count). The van der Waals surface area contributed by atoms with Gasteiger partial charge in [0, 0.05) is 27.9 Å². The summed E-state index contributed by atoms with van der Waals surface area (Å²) >= 11 is 10.2. The average molecular weight is 387 g/mol. The van der Waals surface area contributed by atoms with Crippen LogP contribution in [0.3, 0.4) is 0 Å². The van der Waals surface area contributed by atoms with Gasteiger partial charge in [-0.3, -0.25) is 4.21 Å². The molecule has 0 N–H and O–H groups in total. The van der Waals surface area contributed by atoms with Crippen LogP contribution in [0.5, 0.6) is 5.75 Å². The first kappa shape index (κ1) is 19.2. The summed E-state index contributed by atoms with van der Waals surface area (Å²) < 4.78 is 28.0. The zero-order valence-corrected chi connectivity index (χ0v) is 15.9. The van der Waals surface area contributed by atoms with Gasteiger partial charge >= 0.3 is 0 Å². The lowest BCUT2D eigenvalue weighted by Crippen LogP contribution is -2.22. The summed E-state index contributed by atoms with van der Waals surface area (Å²) in [5.41, 5.74) is 1.67. The Morgan fingerprint density at radius 3 is 2.54 bits per heavy atom. The maximum Gasteiger partial charge on any atom is 0.141 e. The summed E-state index contributed by atoms with van der Waals surface area (Å²) in [6.45, 7) is 0.641. The fourth-order valence-electron chi connectivity index (χ4n) is 2.64. The Hall–Kier alpha value is -1.11. The Morgan fingerprint density at radius 2 is 1.96 bits per heavy atom. The Morgan fingerprint density at radius 1 is 1.25 bits per heavy atom. The van der Waals surface area contributed by atoms with E-state index in [2.05, 4.69) is 0 Å². The lowest BCUT2D eigenvalue weighted by Gasteiger charge is -2.25. The van der Waals surface area contributed by atoms with Crippen molar-refractivity contribution in [2.45, 2.75) is 10.8 Å². The molecule has 0 heterocycles. The highest BCUT2D eigenvalue weighted by atomic mass is 35.5. The molecule has 2 aromatic rings. The largest absolute Gasteiger partial charge is 0.768 e. The summed E-state index contributed by atoms with van der Waals surface area (Å²) in [4.78, 5) is 2.25. The van der Waals surface area contributed by atoms with Gasteiger partial charge in [-0.15, -0.1) is 0 Å². The molecule has 0 fully saturated rings. The van der Waals surface area contributed by atoms with E-state index in [1.807, 2.05) is 25.1 Å². The lowest BCUT2D eigenvalue weighted by molar-refractivity contribution is 0.375. The molecule has 0 aliphatic carbocycles. The van der Waals surface area contributed by atoms with Gasteiger partial charge in [-0.2, -0.15) is 0 Å². The number of halogens is 2. The second-order valence-electron chi connectivity index (χ2n) is 5.63. The molecule has 0 aromatic heterocycles. The Balaban J connectivity index is 2.62. The normalized spacial score (nSPS) is 13.8. The molecule has 2 atom stereocenters. The summed E-state index contributed by atoms with van der Waals surface area (Å²) in [7, 11) is 5.44. The Bertz CT molecular complexity index is 753. The Kier molecular flexibility index (Phi) is 6.66. The lowest BCUT2D eigenvalue weighted by atomic mass is 9.90. The number of methoxy groups -OCH3 is 1. The van der Waals surface area contributed by atoms with Gasteiger partial charge in [0.15, 0.2) is 0 Å². The van der Waals surface area contributed by atoms with Gasteiger partial charge in [0.2, 0.25) is 0 Å². The van der Waals surface area contributed by atoms with E-state index in [0.29, 0.717) is 22.3 Å². The van der Waals surface area contributed by atoms with Gasteiger partial charge in [-0.05, 0) is 55.0 Å². The SMILES string of the molecule is COc1c(Cl)cc(Cl)cc1C(CN(C)C)c1cccc(S(=O)[O-])c1. The van der Waals surface area contributed by atoms with Crippen molar-refractivity contribution in [2.75, 3.05) is 27.7 Å². The van der Waals surface area contributed by atoms with Crippen molar-refractivity contribution in [3.63, 3.8) is 0 Å². The minimum Gasteiger partial charge on any atom is -0.768 e. The van der Waals surface area contributed by atoms with E-state index < -0.39 is 11.1 Å². The van der Waals surface area contributed by atoms with E-state index in [9.17, 15) is 8.76 Å². The molecule has 130 valence electrons. The molecule has 0 saturated carbocycles. The van der Waals surface area contributed by atoms with Crippen LogP contribution in [0.1, 0.15) is 17.0 Å². The molecule has 0 aliphatic heterocycles. The van der Waals surface area contributed by atoms with Crippen LogP contribution in [-0.2, 0) is 11.1 Å². The van der Waals surface area contributed by atoms with Gasteiger partial charge in [0.25, 0.3) is 0 Å². The molecule has 24 heavy (non-hydrogen) atoms. The van der Waals surface area contributed by atoms with Gasteiger partial charge in [-0.25, -0.2) is 0 Å². The second-order valence-corrected chi connectivity index (χ2v) is 7.42. The number of benzene rings is 2. The van der Waals surface area contributed by atoms with Crippen LogP contribution in [-0.4, -0.2) is 41.4 Å². The first-order chi connectivity index (χ1) is 11.3. The molecule has 0 bridgehead atoms. The zero-order valence-electron chi connectivity index (χ0n) is 13.6. The van der Waals surface area contributed by atoms with Crippen molar-refractivity contribution in [3.8, 4) is 5.75 Å². The van der Waals surface area contributed by atoms with Crippen LogP contribution in [0.4, 0.5) is 0 Å². The predicted molar refractivity (Wildman–Crippen MR) is 97.0 cm³/mol. The monoisotopic (exact) mass is 386 g/mol. The molecule has 0 amide bonds. The highest BCUT2D eigenvalue weighted by Gasteiger charge is 2.22. The van der Waals surface area contributed by atoms with Crippen molar-refractivity contribution in [3.05, 3.63) is 57.6 Å². The van der Waals surface area contributed by atoms with Crippen LogP contribution in [0.2, 0.25) is 10.0 Å². The highest BCUT2D eigenvalue weighted by molar-refractivity contribution is 7.79. The first-order valence-electron chi connectivity index (χ1n) is 7.20. The molecule has 2 aromatic carbocycles. The molecule has 2 unspecified atom stereocenters. The fraction of sp³-hybridized carbons (Fsp3) is 0.294. The summed E-state index contributed by atoms with van der Waals surface area (Å²) in [6, 6.07) is 10.3. The van der Waals surface area contributed by atoms with Crippen LogP contribution in [0, 0.1) is 0 Å². The highest BCUT2D eigenvalue weighted by Crippen LogP contribution is 2.39. The second kappa shape index (κ2) is 8.32. The van der Waals surface area contributed by atoms with Crippen LogP contribution in [0.15, 0.2) is 41.3 Å². The molecule has 7 heteroatoms. The fourth-order valence-corrected chi connectivity index (χ4v) is 3.65. The third-order valence-corrected chi connectivity index (χ3v) is 4.76. The third-order valence-electron chi connectivity index (χ3n) is 3.62. The van der Waals surface area contributed by atoms with Gasteiger partial charge in [0.05, 0.1) is 12.1 Å². The van der Waals surface area contributed by atoms with Crippen molar-refractivity contribution in [2.24, 2.45) is 0 Å². The molecule has 0 spiro atoms. The summed E-state index contributed by atoms with van der Waals surface area (Å²) in [5.74, 6) is 0.399. The Labute approximate surface area is 154 Å². The number of likely N-dealkylation sites (N-methyl/N-ethyl adjacent to an activating group) is 1. The van der Waals surface area contributed by atoms with Crippen molar-refractivity contribution in [1.82, 2.24) is 4.90 Å². The van der Waals surface area contributed by atoms with E-state index >= 15 is 0 Å². The van der Waals surface area contributed by atoms with E-state index in [1.165, 1.54) is 0 Å². The summed E-state index contributed by atoms with van der Waals surface area (Å²) in [6.07, 6.45) is 0. The van der Waals surface area contributed by atoms with Crippen molar-refractivity contribution >= 4 is 34.3 Å². The smallest absolute Gasteiger partial charge is 0.141 e. The van der Waals surface area contributed by atoms with E-state index in [-0.39, 0.29) is 10.8 Å². The zero-order chi connectivity index (χ0) is 17.9. The van der Waals surface area contributed by atoms with Crippen molar-refractivity contribution in [1.29, 1.82) is 0 Å². The number of nitrogens with zero attached hydrogens (tertiary/aromatic N) is 1. The maximum atomic E-state index is 11.3. The van der Waals surface area contributed by atoms with Crippen LogP contribution in [0.25, 0.3) is 0 Å². The predicted octanol–water partition coefficient (Wildman–Crippen LogP) is 3.93. The molecular formula is C17H18Cl2NO3S-. The summed E-state index contributed by atoms with van der Waals surface area (Å²) in [5, 5.41) is 0.926. The third kappa shape index (κ3) is 4.49. The minimum atomic E-state index is -2.29. The molecular weight excluding hydrogens is 369 g/mol. The number of hydrogen-bond donors (Lipinski definition) is 0. The quantitative estimate of drug-likeness (QED) is 0.705. The number of ether oxygens (including phenoxy) is 1. The van der Waals surface area contributed by atoms with E-state index in [1.54, 1.807) is 37.4 Å². The standard InChI is InChI=1S/C17H19Cl2NO3S/c1-20(2)10-15(11-5-4-6-13(7-11)24(21)22)14-8-12(18)9-16(19)17(14)23-3/h4-9,15H,10H2,1-3H3,(H,21,22)/p-1. The van der Waals surface area contributed by atoms with E-state index in [4.69, 9.17) is 27.9 Å². The molecule has 0 aliphatic rings. The van der Waals surface area contributed by atoms with Crippen LogP contribution < -0.4 is 4.74 Å².